The third-order valence-corrected chi connectivity index (χ3v) is 3.11. The predicted molar refractivity (Wildman–Crippen MR) is 74.0 cm³/mol. The van der Waals surface area contributed by atoms with Crippen molar-refractivity contribution in [2.75, 3.05) is 0 Å². The fourth-order valence-corrected chi connectivity index (χ4v) is 2.12. The lowest BCUT2D eigenvalue weighted by atomic mass is 9.97. The van der Waals surface area contributed by atoms with Crippen LogP contribution in [0, 0.1) is 6.92 Å². The summed E-state index contributed by atoms with van der Waals surface area (Å²) in [6.45, 7) is 4.14. The van der Waals surface area contributed by atoms with Gasteiger partial charge >= 0.3 is 0 Å². The van der Waals surface area contributed by atoms with E-state index in [-0.39, 0.29) is 6.04 Å². The molecular formula is C15H19N3. The maximum Gasteiger partial charge on any atom is 0.0711 e. The van der Waals surface area contributed by atoms with Crippen LogP contribution in [0.1, 0.15) is 35.3 Å². The molecule has 1 unspecified atom stereocenters. The van der Waals surface area contributed by atoms with E-state index in [1.165, 1.54) is 11.1 Å². The lowest BCUT2D eigenvalue weighted by Crippen LogP contribution is -2.29. The highest BCUT2D eigenvalue weighted by Crippen LogP contribution is 2.22. The van der Waals surface area contributed by atoms with Crippen molar-refractivity contribution >= 4 is 0 Å². The maximum absolute atomic E-state index is 5.71. The summed E-state index contributed by atoms with van der Waals surface area (Å²) in [5.74, 6) is 5.71. The first-order valence-corrected chi connectivity index (χ1v) is 6.22. The van der Waals surface area contributed by atoms with E-state index in [9.17, 15) is 0 Å². The van der Waals surface area contributed by atoms with Gasteiger partial charge in [0.25, 0.3) is 0 Å². The van der Waals surface area contributed by atoms with E-state index in [1.807, 2.05) is 19.2 Å². The number of nitrogens with two attached hydrogens (primary N) is 1. The second-order valence-corrected chi connectivity index (χ2v) is 4.43. The van der Waals surface area contributed by atoms with Crippen molar-refractivity contribution in [1.82, 2.24) is 10.4 Å². The molecule has 0 fully saturated rings. The molecule has 3 N–H and O–H groups in total. The van der Waals surface area contributed by atoms with Crippen molar-refractivity contribution < 1.29 is 0 Å². The number of nitrogens with one attached hydrogen (secondary N) is 1. The molecule has 1 aromatic heterocycles. The van der Waals surface area contributed by atoms with Crippen molar-refractivity contribution in [2.24, 2.45) is 5.84 Å². The molecule has 0 saturated carbocycles. The molecule has 0 spiro atoms. The van der Waals surface area contributed by atoms with Crippen LogP contribution in [0.15, 0.2) is 42.6 Å². The molecule has 3 heteroatoms. The lowest BCUT2D eigenvalue weighted by molar-refractivity contribution is 0.635. The molecule has 0 aliphatic carbocycles. The Kier molecular flexibility index (Phi) is 4.07. The quantitative estimate of drug-likeness (QED) is 0.639. The summed E-state index contributed by atoms with van der Waals surface area (Å²) >= 11 is 0. The van der Waals surface area contributed by atoms with Gasteiger partial charge in [-0.1, -0.05) is 31.2 Å². The minimum absolute atomic E-state index is 0.0122. The molecule has 0 amide bonds. The summed E-state index contributed by atoms with van der Waals surface area (Å²) in [5.41, 5.74) is 7.52. The maximum atomic E-state index is 5.71. The average Bonchev–Trinajstić information content (AvgIpc) is 2.40. The van der Waals surface area contributed by atoms with Gasteiger partial charge in [0, 0.05) is 11.9 Å². The number of hydrogen-bond donors (Lipinski definition) is 2. The predicted octanol–water partition coefficient (Wildman–Crippen LogP) is 2.51. The molecule has 1 atom stereocenters. The number of hydrogen-bond acceptors (Lipinski definition) is 3. The van der Waals surface area contributed by atoms with Crippen LogP contribution in [0.3, 0.4) is 0 Å². The average molecular weight is 241 g/mol. The van der Waals surface area contributed by atoms with Gasteiger partial charge in [-0.15, -0.1) is 0 Å². The largest absolute Gasteiger partial charge is 0.271 e. The molecular weight excluding hydrogens is 222 g/mol. The van der Waals surface area contributed by atoms with Crippen molar-refractivity contribution in [2.45, 2.75) is 26.3 Å². The Morgan fingerprint density at radius 1 is 1.22 bits per heavy atom. The second kappa shape index (κ2) is 5.76. The molecule has 1 heterocycles. The number of benzene rings is 1. The molecule has 0 aliphatic rings. The summed E-state index contributed by atoms with van der Waals surface area (Å²) in [5, 5.41) is 0. The number of nitrogens with zero attached hydrogens (tertiary/aromatic N) is 1. The Hall–Kier alpha value is -1.71. The number of rotatable bonds is 4. The van der Waals surface area contributed by atoms with Crippen LogP contribution in [0.2, 0.25) is 0 Å². The highest BCUT2D eigenvalue weighted by molar-refractivity contribution is 5.34. The third kappa shape index (κ3) is 2.75. The van der Waals surface area contributed by atoms with Gasteiger partial charge in [0.15, 0.2) is 0 Å². The van der Waals surface area contributed by atoms with Crippen molar-refractivity contribution in [3.8, 4) is 0 Å². The van der Waals surface area contributed by atoms with E-state index in [0.29, 0.717) is 0 Å². The highest BCUT2D eigenvalue weighted by atomic mass is 15.2. The molecule has 18 heavy (non-hydrogen) atoms. The summed E-state index contributed by atoms with van der Waals surface area (Å²) in [4.78, 5) is 4.22. The molecule has 0 bridgehead atoms. The zero-order valence-electron chi connectivity index (χ0n) is 10.9. The Balaban J connectivity index is 2.38. The first kappa shape index (κ1) is 12.7. The molecule has 2 rings (SSSR count). The zero-order chi connectivity index (χ0) is 13.0. The van der Waals surface area contributed by atoms with Gasteiger partial charge in [0.1, 0.15) is 0 Å². The number of aryl methyl sites for hydroxylation is 2. The molecule has 0 aliphatic heterocycles. The Morgan fingerprint density at radius 2 is 2.00 bits per heavy atom. The van der Waals surface area contributed by atoms with Gasteiger partial charge in [-0.05, 0) is 42.2 Å². The second-order valence-electron chi connectivity index (χ2n) is 4.43. The Morgan fingerprint density at radius 3 is 2.67 bits per heavy atom. The van der Waals surface area contributed by atoms with Gasteiger partial charge in [0.2, 0.25) is 0 Å². The molecule has 2 aromatic rings. The van der Waals surface area contributed by atoms with Crippen molar-refractivity contribution in [3.05, 3.63) is 65.0 Å². The minimum Gasteiger partial charge on any atom is -0.271 e. The molecule has 0 saturated heterocycles. The van der Waals surface area contributed by atoms with E-state index < -0.39 is 0 Å². The summed E-state index contributed by atoms with van der Waals surface area (Å²) in [6, 6.07) is 12.6. The van der Waals surface area contributed by atoms with Crippen LogP contribution in [-0.4, -0.2) is 4.98 Å². The van der Waals surface area contributed by atoms with Crippen LogP contribution in [-0.2, 0) is 6.42 Å². The number of hydrazine groups is 1. The van der Waals surface area contributed by atoms with E-state index in [0.717, 1.165) is 17.7 Å². The van der Waals surface area contributed by atoms with Crippen LogP contribution in [0.4, 0.5) is 0 Å². The fourth-order valence-electron chi connectivity index (χ4n) is 2.12. The van der Waals surface area contributed by atoms with E-state index in [1.54, 1.807) is 0 Å². The SMILES string of the molecule is CCc1cccc(C(NN)c2ccnc(C)c2)c1. The number of pyridine rings is 1. The standard InChI is InChI=1S/C15H19N3/c1-3-12-5-4-6-13(10-12)15(18-16)14-7-8-17-11(2)9-14/h4-10,15,18H,3,16H2,1-2H3. The summed E-state index contributed by atoms with van der Waals surface area (Å²) in [7, 11) is 0. The minimum atomic E-state index is 0.0122. The van der Waals surface area contributed by atoms with Gasteiger partial charge in [-0.2, -0.15) is 0 Å². The van der Waals surface area contributed by atoms with E-state index >= 15 is 0 Å². The fraction of sp³-hybridized carbons (Fsp3) is 0.267. The van der Waals surface area contributed by atoms with Gasteiger partial charge in [-0.3, -0.25) is 10.8 Å². The Bertz CT molecular complexity index is 523. The summed E-state index contributed by atoms with van der Waals surface area (Å²) < 4.78 is 0. The molecule has 0 radical (unpaired) electrons. The van der Waals surface area contributed by atoms with Gasteiger partial charge < -0.3 is 0 Å². The Labute approximate surface area is 108 Å². The van der Waals surface area contributed by atoms with E-state index in [2.05, 4.69) is 47.7 Å². The van der Waals surface area contributed by atoms with Crippen LogP contribution < -0.4 is 11.3 Å². The van der Waals surface area contributed by atoms with E-state index in [4.69, 9.17) is 5.84 Å². The molecule has 1 aromatic carbocycles. The smallest absolute Gasteiger partial charge is 0.0711 e. The van der Waals surface area contributed by atoms with Crippen LogP contribution >= 0.6 is 0 Å². The lowest BCUT2D eigenvalue weighted by Gasteiger charge is -2.18. The first-order valence-electron chi connectivity index (χ1n) is 6.22. The van der Waals surface area contributed by atoms with Gasteiger partial charge in [0.05, 0.1) is 6.04 Å². The third-order valence-electron chi connectivity index (χ3n) is 3.11. The van der Waals surface area contributed by atoms with Crippen LogP contribution in [0.5, 0.6) is 0 Å². The normalized spacial score (nSPS) is 12.4. The highest BCUT2D eigenvalue weighted by Gasteiger charge is 2.12. The molecule has 94 valence electrons. The monoisotopic (exact) mass is 241 g/mol. The van der Waals surface area contributed by atoms with Crippen LogP contribution in [0.25, 0.3) is 0 Å². The van der Waals surface area contributed by atoms with Gasteiger partial charge in [-0.25, -0.2) is 5.43 Å². The first-order chi connectivity index (χ1) is 8.74. The topological polar surface area (TPSA) is 50.9 Å². The number of aromatic nitrogens is 1. The van der Waals surface area contributed by atoms with Crippen molar-refractivity contribution in [3.63, 3.8) is 0 Å². The van der Waals surface area contributed by atoms with Crippen molar-refractivity contribution in [1.29, 1.82) is 0 Å². The zero-order valence-corrected chi connectivity index (χ0v) is 10.9. The molecule has 3 nitrogen and oxygen atoms in total. The summed E-state index contributed by atoms with van der Waals surface area (Å²) in [6.07, 6.45) is 2.85.